The summed E-state index contributed by atoms with van der Waals surface area (Å²) in [4.78, 5) is 12.8. The summed E-state index contributed by atoms with van der Waals surface area (Å²) in [7, 11) is 0. The van der Waals surface area contributed by atoms with Crippen molar-refractivity contribution in [1.82, 2.24) is 10.2 Å². The minimum absolute atomic E-state index is 0. The molecule has 0 amide bonds. The highest BCUT2D eigenvalue weighted by Crippen LogP contribution is 2.25. The second kappa shape index (κ2) is 8.04. The van der Waals surface area contributed by atoms with Gasteiger partial charge in [-0.05, 0) is 13.0 Å². The lowest BCUT2D eigenvalue weighted by Gasteiger charge is -2.33. The lowest BCUT2D eigenvalue weighted by molar-refractivity contribution is -0.385. The van der Waals surface area contributed by atoms with Crippen LogP contribution < -0.4 is 10.1 Å². The van der Waals surface area contributed by atoms with Crippen LogP contribution in [0.3, 0.4) is 0 Å². The molecule has 6 nitrogen and oxygen atoms in total. The highest BCUT2D eigenvalue weighted by molar-refractivity contribution is 5.85. The van der Waals surface area contributed by atoms with E-state index in [1.54, 1.807) is 18.2 Å². The Labute approximate surface area is 124 Å². The van der Waals surface area contributed by atoms with E-state index >= 15 is 0 Å². The van der Waals surface area contributed by atoms with E-state index in [2.05, 4.69) is 17.1 Å². The van der Waals surface area contributed by atoms with Gasteiger partial charge in [-0.25, -0.2) is 0 Å². The highest BCUT2D eigenvalue weighted by Gasteiger charge is 2.18. The molecule has 1 saturated heterocycles. The molecule has 1 heterocycles. The maximum absolute atomic E-state index is 10.8. The summed E-state index contributed by atoms with van der Waals surface area (Å²) >= 11 is 0. The number of ether oxygens (including phenoxy) is 1. The molecular weight excluding hydrogens is 282 g/mol. The number of nitro benzene ring substituents is 1. The van der Waals surface area contributed by atoms with E-state index in [0.29, 0.717) is 18.4 Å². The number of hydrogen-bond acceptors (Lipinski definition) is 5. The van der Waals surface area contributed by atoms with E-state index in [9.17, 15) is 10.1 Å². The Kier molecular flexibility index (Phi) is 6.70. The molecule has 0 unspecified atom stereocenters. The molecule has 0 aliphatic carbocycles. The maximum atomic E-state index is 10.8. The van der Waals surface area contributed by atoms with Crippen molar-refractivity contribution in [1.29, 1.82) is 0 Å². The largest absolute Gasteiger partial charge is 0.485 e. The first-order chi connectivity index (χ1) is 9.18. The zero-order valence-corrected chi connectivity index (χ0v) is 12.3. The van der Waals surface area contributed by atoms with Crippen molar-refractivity contribution < 1.29 is 9.66 Å². The first kappa shape index (κ1) is 16.7. The van der Waals surface area contributed by atoms with Crippen LogP contribution in [0.2, 0.25) is 0 Å². The van der Waals surface area contributed by atoms with Gasteiger partial charge < -0.3 is 10.1 Å². The number of nitrogens with one attached hydrogen (secondary N) is 1. The van der Waals surface area contributed by atoms with Crippen molar-refractivity contribution in [2.45, 2.75) is 13.0 Å². The van der Waals surface area contributed by atoms with Crippen LogP contribution in [0.4, 0.5) is 5.69 Å². The topological polar surface area (TPSA) is 67.6 Å². The first-order valence-corrected chi connectivity index (χ1v) is 6.49. The summed E-state index contributed by atoms with van der Waals surface area (Å²) in [5, 5.41) is 14.2. The number of nitro groups is 1. The molecule has 1 aliphatic heterocycles. The molecule has 7 heteroatoms. The number of piperazine rings is 1. The van der Waals surface area contributed by atoms with E-state index in [-0.39, 0.29) is 18.1 Å². The molecule has 1 aromatic rings. The van der Waals surface area contributed by atoms with Crippen LogP contribution >= 0.6 is 12.4 Å². The van der Waals surface area contributed by atoms with Crippen LogP contribution in [-0.2, 0) is 0 Å². The van der Waals surface area contributed by atoms with Crippen LogP contribution in [-0.4, -0.2) is 48.7 Å². The van der Waals surface area contributed by atoms with Gasteiger partial charge in [-0.2, -0.15) is 0 Å². The summed E-state index contributed by atoms with van der Waals surface area (Å²) in [6.07, 6.45) is 0. The number of benzene rings is 1. The highest BCUT2D eigenvalue weighted by atomic mass is 35.5. The Morgan fingerprint density at radius 1 is 1.50 bits per heavy atom. The van der Waals surface area contributed by atoms with Gasteiger partial charge in [0, 0.05) is 38.3 Å². The van der Waals surface area contributed by atoms with Crippen molar-refractivity contribution in [3.63, 3.8) is 0 Å². The molecule has 20 heavy (non-hydrogen) atoms. The number of halogens is 1. The van der Waals surface area contributed by atoms with Gasteiger partial charge in [0.1, 0.15) is 6.61 Å². The van der Waals surface area contributed by atoms with Crippen LogP contribution in [0.25, 0.3) is 0 Å². The Hall–Kier alpha value is -1.37. The molecule has 1 fully saturated rings. The van der Waals surface area contributed by atoms with Gasteiger partial charge in [-0.1, -0.05) is 12.1 Å². The van der Waals surface area contributed by atoms with Gasteiger partial charge in [0.2, 0.25) is 0 Å². The molecule has 1 atom stereocenters. The predicted octanol–water partition coefficient (Wildman–Crippen LogP) is 1.69. The van der Waals surface area contributed by atoms with Crippen LogP contribution in [0.5, 0.6) is 5.75 Å². The van der Waals surface area contributed by atoms with E-state index in [1.165, 1.54) is 6.07 Å². The van der Waals surface area contributed by atoms with E-state index in [1.807, 2.05) is 0 Å². The molecule has 0 radical (unpaired) electrons. The molecule has 0 aromatic heterocycles. The monoisotopic (exact) mass is 301 g/mol. The summed E-state index contributed by atoms with van der Waals surface area (Å²) in [6.45, 7) is 6.37. The predicted molar refractivity (Wildman–Crippen MR) is 79.7 cm³/mol. The van der Waals surface area contributed by atoms with E-state index < -0.39 is 4.92 Å². The number of nitrogens with zero attached hydrogens (tertiary/aromatic N) is 2. The summed E-state index contributed by atoms with van der Waals surface area (Å²) in [5.41, 5.74) is 0.0239. The molecule has 2 rings (SSSR count). The fraction of sp³-hybridized carbons (Fsp3) is 0.538. The normalized spacial score (nSPS) is 19.1. The van der Waals surface area contributed by atoms with Crippen molar-refractivity contribution in [2.24, 2.45) is 0 Å². The number of para-hydroxylation sites is 2. The van der Waals surface area contributed by atoms with Crippen LogP contribution in [0.1, 0.15) is 6.92 Å². The zero-order chi connectivity index (χ0) is 13.7. The van der Waals surface area contributed by atoms with Crippen molar-refractivity contribution >= 4 is 18.1 Å². The molecule has 1 N–H and O–H groups in total. The fourth-order valence-corrected chi connectivity index (χ4v) is 2.22. The lowest BCUT2D eigenvalue weighted by atomic mass is 10.2. The average molecular weight is 302 g/mol. The Bertz CT molecular complexity index is 445. The molecular formula is C13H20ClN3O3. The molecule has 1 aromatic carbocycles. The third-order valence-electron chi connectivity index (χ3n) is 3.34. The Balaban J connectivity index is 0.00000200. The fourth-order valence-electron chi connectivity index (χ4n) is 2.22. The minimum Gasteiger partial charge on any atom is -0.485 e. The third-order valence-corrected chi connectivity index (χ3v) is 3.34. The second-order valence-corrected chi connectivity index (χ2v) is 4.66. The van der Waals surface area contributed by atoms with Crippen molar-refractivity contribution in [3.05, 3.63) is 34.4 Å². The Morgan fingerprint density at radius 2 is 2.25 bits per heavy atom. The molecule has 0 saturated carbocycles. The van der Waals surface area contributed by atoms with Gasteiger partial charge in [0.25, 0.3) is 0 Å². The summed E-state index contributed by atoms with van der Waals surface area (Å²) in [5.74, 6) is 0.343. The van der Waals surface area contributed by atoms with E-state index in [0.717, 1.165) is 26.2 Å². The maximum Gasteiger partial charge on any atom is 0.310 e. The zero-order valence-electron chi connectivity index (χ0n) is 11.4. The molecule has 0 spiro atoms. The average Bonchev–Trinajstić information content (AvgIpc) is 2.41. The van der Waals surface area contributed by atoms with Gasteiger partial charge in [-0.15, -0.1) is 12.4 Å². The third kappa shape index (κ3) is 4.33. The van der Waals surface area contributed by atoms with Crippen molar-refractivity contribution in [3.8, 4) is 5.75 Å². The second-order valence-electron chi connectivity index (χ2n) is 4.66. The minimum atomic E-state index is -0.414. The van der Waals surface area contributed by atoms with Crippen LogP contribution in [0, 0.1) is 10.1 Å². The standard InChI is InChI=1S/C13H19N3O3.ClH/c1-11-10-14-6-7-15(11)8-9-19-13-5-3-2-4-12(13)16(17)18;/h2-5,11,14H,6-10H2,1H3;1H/t11-;/m0./s1. The van der Waals surface area contributed by atoms with Gasteiger partial charge in [-0.3, -0.25) is 15.0 Å². The van der Waals surface area contributed by atoms with Crippen LogP contribution in [0.15, 0.2) is 24.3 Å². The number of hydrogen-bond donors (Lipinski definition) is 1. The number of rotatable bonds is 5. The first-order valence-electron chi connectivity index (χ1n) is 6.49. The smallest absolute Gasteiger partial charge is 0.310 e. The molecule has 112 valence electrons. The molecule has 1 aliphatic rings. The lowest BCUT2D eigenvalue weighted by Crippen LogP contribution is -2.50. The SMILES string of the molecule is C[C@H]1CNCCN1CCOc1ccccc1[N+](=O)[O-].Cl. The van der Waals surface area contributed by atoms with Gasteiger partial charge in [0.15, 0.2) is 5.75 Å². The quantitative estimate of drug-likeness (QED) is 0.662. The van der Waals surface area contributed by atoms with Gasteiger partial charge in [0.05, 0.1) is 4.92 Å². The van der Waals surface area contributed by atoms with E-state index in [4.69, 9.17) is 4.74 Å². The molecule has 0 bridgehead atoms. The van der Waals surface area contributed by atoms with Crippen molar-refractivity contribution in [2.75, 3.05) is 32.8 Å². The summed E-state index contributed by atoms with van der Waals surface area (Å²) in [6, 6.07) is 6.96. The summed E-state index contributed by atoms with van der Waals surface area (Å²) < 4.78 is 5.55. The Morgan fingerprint density at radius 3 is 2.95 bits per heavy atom. The van der Waals surface area contributed by atoms with Gasteiger partial charge >= 0.3 is 5.69 Å².